The quantitative estimate of drug-likeness (QED) is 0.902. The zero-order chi connectivity index (χ0) is 14.4. The summed E-state index contributed by atoms with van der Waals surface area (Å²) in [5.74, 6) is -0.464. The highest BCUT2D eigenvalue weighted by molar-refractivity contribution is 5.34. The first-order valence-corrected chi connectivity index (χ1v) is 6.65. The van der Waals surface area contributed by atoms with Gasteiger partial charge in [0.05, 0.1) is 5.56 Å². The second-order valence-electron chi connectivity index (χ2n) is 4.90. The van der Waals surface area contributed by atoms with Gasteiger partial charge in [-0.3, -0.25) is 0 Å². The molecule has 20 heavy (non-hydrogen) atoms. The predicted molar refractivity (Wildman–Crippen MR) is 77.6 cm³/mol. The lowest BCUT2D eigenvalue weighted by atomic mass is 10.1. The Bertz CT molecular complexity index is 602. The van der Waals surface area contributed by atoms with Crippen LogP contribution in [0.4, 0.5) is 4.39 Å². The van der Waals surface area contributed by atoms with Crippen molar-refractivity contribution in [3.05, 3.63) is 71.0 Å². The molecule has 0 aromatic heterocycles. The van der Waals surface area contributed by atoms with E-state index in [9.17, 15) is 4.39 Å². The zero-order valence-corrected chi connectivity index (χ0v) is 11.4. The first-order valence-electron chi connectivity index (χ1n) is 6.65. The van der Waals surface area contributed by atoms with Crippen LogP contribution in [-0.4, -0.2) is 6.04 Å². The van der Waals surface area contributed by atoms with Crippen molar-refractivity contribution in [3.63, 3.8) is 0 Å². The molecule has 1 N–H and O–H groups in total. The van der Waals surface area contributed by atoms with Crippen molar-refractivity contribution in [3.8, 4) is 6.07 Å². The van der Waals surface area contributed by atoms with Crippen LogP contribution in [0.2, 0.25) is 0 Å². The SMILES string of the molecule is CC(Cc1ccccc1)NCc1ccc(F)c(C#N)c1. The molecule has 2 aromatic rings. The highest BCUT2D eigenvalue weighted by atomic mass is 19.1. The van der Waals surface area contributed by atoms with Crippen LogP contribution < -0.4 is 5.32 Å². The van der Waals surface area contributed by atoms with Gasteiger partial charge in [-0.1, -0.05) is 36.4 Å². The first kappa shape index (κ1) is 14.2. The molecule has 0 amide bonds. The van der Waals surface area contributed by atoms with Gasteiger partial charge in [-0.05, 0) is 36.6 Å². The minimum atomic E-state index is -0.464. The highest BCUT2D eigenvalue weighted by Crippen LogP contribution is 2.10. The Labute approximate surface area is 118 Å². The molecule has 1 atom stereocenters. The summed E-state index contributed by atoms with van der Waals surface area (Å²) in [6.45, 7) is 2.74. The van der Waals surface area contributed by atoms with Crippen molar-refractivity contribution in [2.24, 2.45) is 0 Å². The fourth-order valence-corrected chi connectivity index (χ4v) is 2.10. The molecule has 0 saturated heterocycles. The van der Waals surface area contributed by atoms with Crippen LogP contribution in [0.5, 0.6) is 0 Å². The van der Waals surface area contributed by atoms with Crippen molar-refractivity contribution in [1.29, 1.82) is 5.26 Å². The molecule has 0 fully saturated rings. The Balaban J connectivity index is 1.90. The van der Waals surface area contributed by atoms with E-state index in [-0.39, 0.29) is 5.56 Å². The lowest BCUT2D eigenvalue weighted by molar-refractivity contribution is 0.544. The van der Waals surface area contributed by atoms with Crippen molar-refractivity contribution in [1.82, 2.24) is 5.32 Å². The summed E-state index contributed by atoms with van der Waals surface area (Å²) in [5, 5.41) is 12.2. The van der Waals surface area contributed by atoms with Crippen molar-refractivity contribution in [2.45, 2.75) is 25.9 Å². The molecule has 0 bridgehead atoms. The Morgan fingerprint density at radius 2 is 1.90 bits per heavy atom. The van der Waals surface area contributed by atoms with Crippen LogP contribution in [-0.2, 0) is 13.0 Å². The molecule has 0 radical (unpaired) electrons. The number of nitrogens with zero attached hydrogens (tertiary/aromatic N) is 1. The van der Waals surface area contributed by atoms with Gasteiger partial charge in [0.15, 0.2) is 0 Å². The summed E-state index contributed by atoms with van der Waals surface area (Å²) >= 11 is 0. The zero-order valence-electron chi connectivity index (χ0n) is 11.4. The molecule has 102 valence electrons. The largest absolute Gasteiger partial charge is 0.310 e. The van der Waals surface area contributed by atoms with Gasteiger partial charge in [0.2, 0.25) is 0 Å². The van der Waals surface area contributed by atoms with E-state index in [0.717, 1.165) is 12.0 Å². The van der Waals surface area contributed by atoms with Crippen LogP contribution in [0, 0.1) is 17.1 Å². The third-order valence-electron chi connectivity index (χ3n) is 3.19. The van der Waals surface area contributed by atoms with E-state index in [1.54, 1.807) is 12.1 Å². The van der Waals surface area contributed by atoms with E-state index in [1.165, 1.54) is 11.6 Å². The van der Waals surface area contributed by atoms with Gasteiger partial charge in [-0.15, -0.1) is 0 Å². The van der Waals surface area contributed by atoms with Gasteiger partial charge in [0, 0.05) is 12.6 Å². The molecular weight excluding hydrogens is 251 g/mol. The van der Waals surface area contributed by atoms with E-state index < -0.39 is 5.82 Å². The summed E-state index contributed by atoms with van der Waals surface area (Å²) in [4.78, 5) is 0. The maximum atomic E-state index is 13.2. The number of halogens is 1. The summed E-state index contributed by atoms with van der Waals surface area (Å²) in [6.07, 6.45) is 0.938. The lowest BCUT2D eigenvalue weighted by Gasteiger charge is -2.14. The monoisotopic (exact) mass is 268 g/mol. The fraction of sp³-hybridized carbons (Fsp3) is 0.235. The molecule has 2 rings (SSSR count). The predicted octanol–water partition coefficient (Wildman–Crippen LogP) is 3.42. The Morgan fingerprint density at radius 3 is 2.60 bits per heavy atom. The molecule has 2 aromatic carbocycles. The number of benzene rings is 2. The molecule has 1 unspecified atom stereocenters. The molecule has 0 saturated carbocycles. The Kier molecular flexibility index (Phi) is 4.86. The Hall–Kier alpha value is -2.18. The van der Waals surface area contributed by atoms with E-state index in [0.29, 0.717) is 12.6 Å². The third kappa shape index (κ3) is 3.91. The van der Waals surface area contributed by atoms with Crippen LogP contribution in [0.25, 0.3) is 0 Å². The highest BCUT2D eigenvalue weighted by Gasteiger charge is 2.05. The first-order chi connectivity index (χ1) is 9.69. The molecule has 0 spiro atoms. The second-order valence-corrected chi connectivity index (χ2v) is 4.90. The minimum Gasteiger partial charge on any atom is -0.310 e. The molecular formula is C17H17FN2. The van der Waals surface area contributed by atoms with E-state index in [2.05, 4.69) is 24.4 Å². The van der Waals surface area contributed by atoms with Crippen molar-refractivity contribution >= 4 is 0 Å². The van der Waals surface area contributed by atoms with Gasteiger partial charge in [-0.25, -0.2) is 4.39 Å². The third-order valence-corrected chi connectivity index (χ3v) is 3.19. The number of hydrogen-bond donors (Lipinski definition) is 1. The number of nitrogens with one attached hydrogen (secondary N) is 1. The van der Waals surface area contributed by atoms with Crippen LogP contribution in [0.15, 0.2) is 48.5 Å². The number of nitriles is 1. The van der Waals surface area contributed by atoms with E-state index in [1.807, 2.05) is 24.3 Å². The molecule has 2 nitrogen and oxygen atoms in total. The summed E-state index contributed by atoms with van der Waals surface area (Å²) in [7, 11) is 0. The molecule has 0 aliphatic carbocycles. The van der Waals surface area contributed by atoms with Crippen molar-refractivity contribution < 1.29 is 4.39 Å². The van der Waals surface area contributed by atoms with Gasteiger partial charge in [0.25, 0.3) is 0 Å². The van der Waals surface area contributed by atoms with Crippen LogP contribution in [0.3, 0.4) is 0 Å². The average Bonchev–Trinajstić information content (AvgIpc) is 2.47. The Morgan fingerprint density at radius 1 is 1.15 bits per heavy atom. The van der Waals surface area contributed by atoms with Gasteiger partial charge in [0.1, 0.15) is 11.9 Å². The van der Waals surface area contributed by atoms with Crippen LogP contribution in [0.1, 0.15) is 23.6 Å². The maximum absolute atomic E-state index is 13.2. The molecule has 0 aliphatic heterocycles. The molecule has 3 heteroatoms. The van der Waals surface area contributed by atoms with E-state index in [4.69, 9.17) is 5.26 Å². The standard InChI is InChI=1S/C17H17FN2/c1-13(9-14-5-3-2-4-6-14)20-12-15-7-8-17(18)16(10-15)11-19/h2-8,10,13,20H,9,12H2,1H3. The molecule has 0 heterocycles. The average molecular weight is 268 g/mol. The number of hydrogen-bond acceptors (Lipinski definition) is 2. The van der Waals surface area contributed by atoms with Gasteiger partial charge >= 0.3 is 0 Å². The summed E-state index contributed by atoms with van der Waals surface area (Å²) in [5.41, 5.74) is 2.30. The normalized spacial score (nSPS) is 11.8. The van der Waals surface area contributed by atoms with Gasteiger partial charge in [-0.2, -0.15) is 5.26 Å². The lowest BCUT2D eigenvalue weighted by Crippen LogP contribution is -2.27. The van der Waals surface area contributed by atoms with Crippen molar-refractivity contribution in [2.75, 3.05) is 0 Å². The minimum absolute atomic E-state index is 0.0972. The summed E-state index contributed by atoms with van der Waals surface area (Å²) in [6, 6.07) is 17.1. The maximum Gasteiger partial charge on any atom is 0.140 e. The fourth-order valence-electron chi connectivity index (χ4n) is 2.10. The van der Waals surface area contributed by atoms with Gasteiger partial charge < -0.3 is 5.32 Å². The topological polar surface area (TPSA) is 35.8 Å². The smallest absolute Gasteiger partial charge is 0.140 e. The summed E-state index contributed by atoms with van der Waals surface area (Å²) < 4.78 is 13.2. The molecule has 0 aliphatic rings. The van der Waals surface area contributed by atoms with E-state index >= 15 is 0 Å². The second kappa shape index (κ2) is 6.83. The van der Waals surface area contributed by atoms with Crippen LogP contribution >= 0.6 is 0 Å². The number of rotatable bonds is 5.